The van der Waals surface area contributed by atoms with E-state index in [1.165, 1.54) is 6.42 Å². The van der Waals surface area contributed by atoms with Crippen LogP contribution in [-0.4, -0.2) is 49.7 Å². The Kier molecular flexibility index (Phi) is 3.03. The summed E-state index contributed by atoms with van der Waals surface area (Å²) in [5.74, 6) is 0.149. The molecule has 0 saturated carbocycles. The van der Waals surface area contributed by atoms with Gasteiger partial charge in [0.25, 0.3) is 5.91 Å². The third-order valence-electron chi connectivity index (χ3n) is 3.00. The molecule has 2 atom stereocenters. The maximum Gasteiger partial charge on any atom is 0.251 e. The van der Waals surface area contributed by atoms with E-state index in [4.69, 9.17) is 4.74 Å². The van der Waals surface area contributed by atoms with Crippen LogP contribution in [-0.2, 0) is 9.53 Å². The molecule has 2 aliphatic heterocycles. The van der Waals surface area contributed by atoms with Crippen LogP contribution < -0.4 is 5.32 Å². The van der Waals surface area contributed by atoms with Crippen LogP contribution in [0.2, 0.25) is 0 Å². The maximum atomic E-state index is 11.8. The van der Waals surface area contributed by atoms with Crippen molar-refractivity contribution in [3.63, 3.8) is 0 Å². The van der Waals surface area contributed by atoms with E-state index in [9.17, 15) is 4.79 Å². The molecule has 2 fully saturated rings. The predicted molar refractivity (Wildman–Crippen MR) is 53.0 cm³/mol. The highest BCUT2D eigenvalue weighted by Gasteiger charge is 2.28. The topological polar surface area (TPSA) is 41.6 Å². The molecule has 0 aliphatic carbocycles. The fourth-order valence-electron chi connectivity index (χ4n) is 1.94. The summed E-state index contributed by atoms with van der Waals surface area (Å²) in [7, 11) is 1.87. The van der Waals surface area contributed by atoms with Crippen molar-refractivity contribution in [2.45, 2.75) is 31.4 Å². The average molecular weight is 198 g/mol. The van der Waals surface area contributed by atoms with Gasteiger partial charge in [-0.2, -0.15) is 0 Å². The molecule has 1 N–H and O–H groups in total. The number of rotatable bonds is 3. The van der Waals surface area contributed by atoms with Gasteiger partial charge >= 0.3 is 0 Å². The SMILES string of the molecule is CN(CC1CCN1)C(=O)C1CCCO1. The number of amides is 1. The molecule has 0 bridgehead atoms. The number of carbonyl (C=O) groups excluding carboxylic acids is 1. The van der Waals surface area contributed by atoms with Crippen LogP contribution >= 0.6 is 0 Å². The van der Waals surface area contributed by atoms with Gasteiger partial charge in [0.15, 0.2) is 0 Å². The lowest BCUT2D eigenvalue weighted by molar-refractivity contribution is -0.140. The third-order valence-corrected chi connectivity index (χ3v) is 3.00. The van der Waals surface area contributed by atoms with Crippen LogP contribution in [0.15, 0.2) is 0 Å². The van der Waals surface area contributed by atoms with Crippen molar-refractivity contribution in [2.24, 2.45) is 0 Å². The van der Waals surface area contributed by atoms with Gasteiger partial charge in [-0.15, -0.1) is 0 Å². The molecule has 2 aliphatic rings. The first kappa shape index (κ1) is 9.93. The second-order valence-corrected chi connectivity index (χ2v) is 4.16. The molecular weight excluding hydrogens is 180 g/mol. The lowest BCUT2D eigenvalue weighted by atomic mass is 10.1. The van der Waals surface area contributed by atoms with Crippen molar-refractivity contribution < 1.29 is 9.53 Å². The summed E-state index contributed by atoms with van der Waals surface area (Å²) in [5, 5.41) is 3.29. The molecule has 2 unspecified atom stereocenters. The van der Waals surface area contributed by atoms with E-state index in [1.807, 2.05) is 7.05 Å². The number of nitrogens with zero attached hydrogens (tertiary/aromatic N) is 1. The zero-order valence-electron chi connectivity index (χ0n) is 8.66. The lowest BCUT2D eigenvalue weighted by Gasteiger charge is -2.32. The average Bonchev–Trinajstić information content (AvgIpc) is 2.62. The largest absolute Gasteiger partial charge is 0.368 e. The molecule has 14 heavy (non-hydrogen) atoms. The van der Waals surface area contributed by atoms with Crippen molar-refractivity contribution >= 4 is 5.91 Å². The second kappa shape index (κ2) is 4.28. The van der Waals surface area contributed by atoms with Crippen LogP contribution in [0.25, 0.3) is 0 Å². The van der Waals surface area contributed by atoms with Crippen LogP contribution in [0, 0.1) is 0 Å². The van der Waals surface area contributed by atoms with E-state index < -0.39 is 0 Å². The van der Waals surface area contributed by atoms with Crippen LogP contribution in [0.3, 0.4) is 0 Å². The molecule has 2 rings (SSSR count). The first-order valence-electron chi connectivity index (χ1n) is 5.37. The highest BCUT2D eigenvalue weighted by Crippen LogP contribution is 2.15. The fraction of sp³-hybridized carbons (Fsp3) is 0.900. The summed E-state index contributed by atoms with van der Waals surface area (Å²) in [4.78, 5) is 13.6. The molecule has 0 aromatic heterocycles. The molecule has 0 spiro atoms. The van der Waals surface area contributed by atoms with Gasteiger partial charge in [-0.3, -0.25) is 4.79 Å². The Balaban J connectivity index is 1.77. The minimum Gasteiger partial charge on any atom is -0.368 e. The molecule has 4 heteroatoms. The Labute approximate surface area is 84.6 Å². The summed E-state index contributed by atoms with van der Waals surface area (Å²) < 4.78 is 5.36. The van der Waals surface area contributed by atoms with Crippen molar-refractivity contribution in [2.75, 3.05) is 26.7 Å². The second-order valence-electron chi connectivity index (χ2n) is 4.16. The first-order chi connectivity index (χ1) is 6.77. The van der Waals surface area contributed by atoms with Crippen molar-refractivity contribution in [1.29, 1.82) is 0 Å². The summed E-state index contributed by atoms with van der Waals surface area (Å²) in [5.41, 5.74) is 0. The Bertz CT molecular complexity index is 210. The van der Waals surface area contributed by atoms with Crippen molar-refractivity contribution in [1.82, 2.24) is 10.2 Å². The quantitative estimate of drug-likeness (QED) is 0.693. The smallest absolute Gasteiger partial charge is 0.251 e. The van der Waals surface area contributed by atoms with Gasteiger partial charge in [-0.1, -0.05) is 0 Å². The first-order valence-corrected chi connectivity index (χ1v) is 5.37. The Morgan fingerprint density at radius 1 is 1.57 bits per heavy atom. The third kappa shape index (κ3) is 2.07. The Morgan fingerprint density at radius 3 is 2.86 bits per heavy atom. The van der Waals surface area contributed by atoms with Gasteiger partial charge < -0.3 is 15.0 Å². The minimum atomic E-state index is -0.167. The van der Waals surface area contributed by atoms with Crippen LogP contribution in [0.4, 0.5) is 0 Å². The number of nitrogens with one attached hydrogen (secondary N) is 1. The van der Waals surface area contributed by atoms with Crippen molar-refractivity contribution in [3.05, 3.63) is 0 Å². The van der Waals surface area contributed by atoms with Gasteiger partial charge in [-0.05, 0) is 25.8 Å². The van der Waals surface area contributed by atoms with E-state index in [2.05, 4.69) is 5.32 Å². The van der Waals surface area contributed by atoms with Crippen molar-refractivity contribution in [3.8, 4) is 0 Å². The van der Waals surface area contributed by atoms with Crippen LogP contribution in [0.5, 0.6) is 0 Å². The number of ether oxygens (including phenoxy) is 1. The maximum absolute atomic E-state index is 11.8. The lowest BCUT2D eigenvalue weighted by Crippen LogP contribution is -2.51. The molecular formula is C10H18N2O2. The van der Waals surface area contributed by atoms with E-state index in [-0.39, 0.29) is 12.0 Å². The van der Waals surface area contributed by atoms with Gasteiger partial charge in [-0.25, -0.2) is 0 Å². The Morgan fingerprint density at radius 2 is 2.36 bits per heavy atom. The number of hydrogen-bond donors (Lipinski definition) is 1. The van der Waals surface area contributed by atoms with Crippen LogP contribution in [0.1, 0.15) is 19.3 Å². The molecule has 2 heterocycles. The van der Waals surface area contributed by atoms with Gasteiger partial charge in [0.1, 0.15) is 6.10 Å². The molecule has 2 saturated heterocycles. The molecule has 0 aromatic rings. The monoisotopic (exact) mass is 198 g/mol. The summed E-state index contributed by atoms with van der Waals surface area (Å²) in [6, 6.07) is 0.505. The summed E-state index contributed by atoms with van der Waals surface area (Å²) in [6.07, 6.45) is 2.93. The zero-order valence-corrected chi connectivity index (χ0v) is 8.66. The molecule has 1 amide bonds. The fourth-order valence-corrected chi connectivity index (χ4v) is 1.94. The minimum absolute atomic E-state index is 0.149. The highest BCUT2D eigenvalue weighted by molar-refractivity contribution is 5.80. The Hall–Kier alpha value is -0.610. The van der Waals surface area contributed by atoms with E-state index in [0.29, 0.717) is 6.04 Å². The number of likely N-dealkylation sites (N-methyl/N-ethyl adjacent to an activating group) is 1. The standard InChI is InChI=1S/C10H18N2O2/c1-12(7-8-4-5-11-8)10(13)9-3-2-6-14-9/h8-9,11H,2-7H2,1H3. The van der Waals surface area contributed by atoms with Gasteiger partial charge in [0.2, 0.25) is 0 Å². The normalized spacial score (nSPS) is 31.2. The number of carbonyl (C=O) groups is 1. The van der Waals surface area contributed by atoms with Gasteiger partial charge in [0.05, 0.1) is 0 Å². The van der Waals surface area contributed by atoms with E-state index in [0.717, 1.165) is 32.5 Å². The molecule has 0 aromatic carbocycles. The highest BCUT2D eigenvalue weighted by atomic mass is 16.5. The van der Waals surface area contributed by atoms with Gasteiger partial charge in [0, 0.05) is 26.2 Å². The molecule has 80 valence electrons. The zero-order chi connectivity index (χ0) is 9.97. The molecule has 0 radical (unpaired) electrons. The van der Waals surface area contributed by atoms with E-state index in [1.54, 1.807) is 4.90 Å². The van der Waals surface area contributed by atoms with E-state index >= 15 is 0 Å². The predicted octanol–water partition coefficient (Wildman–Crippen LogP) is -0.0143. The summed E-state index contributed by atoms with van der Waals surface area (Å²) >= 11 is 0. The number of hydrogen-bond acceptors (Lipinski definition) is 3. The molecule has 4 nitrogen and oxygen atoms in total. The summed E-state index contributed by atoms with van der Waals surface area (Å²) in [6.45, 7) is 2.65.